The lowest BCUT2D eigenvalue weighted by molar-refractivity contribution is -0.142. The van der Waals surface area contributed by atoms with Crippen LogP contribution in [-0.4, -0.2) is 153 Å². The number of benzene rings is 2. The molecule has 398 valence electrons. The van der Waals surface area contributed by atoms with Crippen LogP contribution in [0.1, 0.15) is 69.7 Å². The zero-order valence-electron chi connectivity index (χ0n) is 40.9. The largest absolute Gasteiger partial charge is 0.481 e. The first-order valence-corrected chi connectivity index (χ1v) is 23.7. The highest BCUT2D eigenvalue weighted by Crippen LogP contribution is 2.10. The third-order valence-electron chi connectivity index (χ3n) is 11.1. The number of unbranched alkanes of at least 4 members (excludes halogenated alkanes) is 1. The topological polar surface area (TPSA) is 408 Å². The summed E-state index contributed by atoms with van der Waals surface area (Å²) in [6.07, 6.45) is 2.51. The first-order valence-electron chi connectivity index (χ1n) is 23.7. The van der Waals surface area contributed by atoms with Gasteiger partial charge in [0.15, 0.2) is 0 Å². The summed E-state index contributed by atoms with van der Waals surface area (Å²) in [6, 6.07) is 5.82. The summed E-state index contributed by atoms with van der Waals surface area (Å²) in [4.78, 5) is 138. The molecule has 2 aromatic carbocycles. The molecule has 0 saturated heterocycles. The van der Waals surface area contributed by atoms with Crippen LogP contribution < -0.4 is 54.0 Å². The number of nitrogens with two attached hydrogens (primary N) is 2. The fourth-order valence-corrected chi connectivity index (χ4v) is 7.19. The Morgan fingerprint density at radius 3 is 1.67 bits per heavy atom. The van der Waals surface area contributed by atoms with Gasteiger partial charge in [0.25, 0.3) is 0 Å². The van der Waals surface area contributed by atoms with Gasteiger partial charge in [0.1, 0.15) is 42.3 Å². The summed E-state index contributed by atoms with van der Waals surface area (Å²) in [6.45, 7) is 3.44. The van der Waals surface area contributed by atoms with Gasteiger partial charge in [0.2, 0.25) is 47.3 Å². The Labute approximate surface area is 421 Å². The van der Waals surface area contributed by atoms with Crippen molar-refractivity contribution in [3.8, 4) is 0 Å². The van der Waals surface area contributed by atoms with Crippen molar-refractivity contribution < 1.29 is 63.3 Å². The van der Waals surface area contributed by atoms with Gasteiger partial charge in [-0.1, -0.05) is 74.5 Å². The average molecular weight is 1020 g/mol. The van der Waals surface area contributed by atoms with Crippen LogP contribution in [-0.2, 0) is 67.2 Å². The molecule has 0 fully saturated rings. The number of aliphatic hydroxyl groups is 1. The van der Waals surface area contributed by atoms with Crippen molar-refractivity contribution in [1.82, 2.24) is 52.5 Å². The summed E-state index contributed by atoms with van der Waals surface area (Å²) < 4.78 is 0. The van der Waals surface area contributed by atoms with Gasteiger partial charge >= 0.3 is 11.9 Å². The maximum Gasteiger partial charge on any atom is 0.326 e. The number of carbonyl (C=O) groups excluding carboxylic acids is 8. The summed E-state index contributed by atoms with van der Waals surface area (Å²) in [5, 5.41) is 48.7. The molecule has 25 heteroatoms. The van der Waals surface area contributed by atoms with E-state index < -0.39 is 127 Å². The predicted molar refractivity (Wildman–Crippen MR) is 262 cm³/mol. The number of carboxylic acids is 2. The van der Waals surface area contributed by atoms with Gasteiger partial charge in [0.05, 0.1) is 37.6 Å². The average Bonchev–Trinajstić information content (AvgIpc) is 3.87. The zero-order valence-corrected chi connectivity index (χ0v) is 40.9. The quantitative estimate of drug-likeness (QED) is 0.0278. The van der Waals surface area contributed by atoms with Crippen LogP contribution in [0.25, 0.3) is 0 Å². The molecular weight excluding hydrogens is 953 g/mol. The van der Waals surface area contributed by atoms with Crippen molar-refractivity contribution in [3.05, 3.63) is 90.0 Å². The zero-order chi connectivity index (χ0) is 54.0. The highest BCUT2D eigenvalue weighted by Gasteiger charge is 2.34. The van der Waals surface area contributed by atoms with Gasteiger partial charge in [-0.25, -0.2) is 9.78 Å². The van der Waals surface area contributed by atoms with Crippen molar-refractivity contribution in [2.45, 2.75) is 120 Å². The molecule has 8 amide bonds. The lowest BCUT2D eigenvalue weighted by Gasteiger charge is -2.27. The van der Waals surface area contributed by atoms with Crippen LogP contribution in [0.3, 0.4) is 0 Å². The van der Waals surface area contributed by atoms with E-state index in [1.165, 1.54) is 19.4 Å². The van der Waals surface area contributed by atoms with E-state index in [1.54, 1.807) is 60.7 Å². The molecule has 25 nitrogen and oxygen atoms in total. The molecule has 0 bridgehead atoms. The number of aliphatic carboxylic acids is 2. The Hall–Kier alpha value is -7.77. The first-order chi connectivity index (χ1) is 34.7. The van der Waals surface area contributed by atoms with Crippen LogP contribution in [0.5, 0.6) is 0 Å². The normalized spacial score (nSPS) is 14.3. The van der Waals surface area contributed by atoms with E-state index in [4.69, 9.17) is 11.5 Å². The molecule has 73 heavy (non-hydrogen) atoms. The molecule has 0 aliphatic heterocycles. The fourth-order valence-electron chi connectivity index (χ4n) is 7.19. The standard InChI is InChI=1S/C48H68N12O13/c1-27(2)18-32(50)42(66)58-34(19-29-12-6-4-7-13-29)45(69)56-33(16-10-11-17-49)44(68)59-36(22-40(63)64)46(70)60-38(25-61)47(71)54-28(3)41(65)57-35(21-31-23-51-26-53-31)43(67)52-24-39(62)55-37(48(72)73)20-30-14-8-5-9-15-30/h4-9,12-15,23,26-28,32-38,61H,10-11,16-22,24-25,49-50H2,1-3H3,(H,51,53)(H,52,67)(H,54,71)(H,55,62)(H,56,69)(H,57,65)(H,58,66)(H,59,68)(H,60,70)(H,63,64)(H,72,73)/t28-,32-,33-,34-,35-,36-,37-,38-/m0/s1. The summed E-state index contributed by atoms with van der Waals surface area (Å²) >= 11 is 0. The van der Waals surface area contributed by atoms with Crippen molar-refractivity contribution in [3.63, 3.8) is 0 Å². The molecular formula is C48H68N12O13. The van der Waals surface area contributed by atoms with E-state index >= 15 is 0 Å². The number of amides is 8. The van der Waals surface area contributed by atoms with Gasteiger partial charge in [-0.05, 0) is 56.2 Å². The third-order valence-corrected chi connectivity index (χ3v) is 11.1. The maximum atomic E-state index is 13.9. The van der Waals surface area contributed by atoms with E-state index in [1.807, 2.05) is 13.8 Å². The molecule has 0 aliphatic rings. The van der Waals surface area contributed by atoms with Crippen LogP contribution in [0.4, 0.5) is 0 Å². The number of carbonyl (C=O) groups is 10. The minimum Gasteiger partial charge on any atom is -0.481 e. The van der Waals surface area contributed by atoms with Crippen molar-refractivity contribution in [2.24, 2.45) is 17.4 Å². The number of aromatic nitrogens is 2. The van der Waals surface area contributed by atoms with E-state index in [9.17, 15) is 63.3 Å². The number of H-pyrrole nitrogens is 1. The van der Waals surface area contributed by atoms with E-state index in [-0.39, 0.29) is 38.1 Å². The van der Waals surface area contributed by atoms with Gasteiger partial charge < -0.3 is 74.3 Å². The second kappa shape index (κ2) is 30.9. The highest BCUT2D eigenvalue weighted by atomic mass is 16.4. The molecule has 16 N–H and O–H groups in total. The molecule has 0 spiro atoms. The predicted octanol–water partition coefficient (Wildman–Crippen LogP) is -2.98. The second-order valence-electron chi connectivity index (χ2n) is 17.7. The van der Waals surface area contributed by atoms with Crippen molar-refractivity contribution in [2.75, 3.05) is 19.7 Å². The lowest BCUT2D eigenvalue weighted by atomic mass is 10.0. The van der Waals surface area contributed by atoms with Crippen LogP contribution in [0, 0.1) is 5.92 Å². The molecule has 0 aliphatic carbocycles. The SMILES string of the molecule is CC(C)C[C@H](N)C(=O)N[C@@H](Cc1ccccc1)C(=O)N[C@@H](CCCCN)C(=O)N[C@@H](CC(=O)O)C(=O)N[C@@H](CO)C(=O)N[C@@H](C)C(=O)N[C@@H](Cc1c[nH]cn1)C(=O)NCC(=O)N[C@@H](Cc1ccccc1)C(=O)O. The van der Waals surface area contributed by atoms with Gasteiger partial charge in [-0.15, -0.1) is 0 Å². The Kier molecular flexibility index (Phi) is 25.2. The molecule has 0 unspecified atom stereocenters. The fraction of sp³-hybridized carbons (Fsp3) is 0.479. The highest BCUT2D eigenvalue weighted by molar-refractivity contribution is 5.98. The number of carboxylic acid groups (broad SMARTS) is 2. The number of hydrogen-bond donors (Lipinski definition) is 14. The van der Waals surface area contributed by atoms with Crippen molar-refractivity contribution in [1.29, 1.82) is 0 Å². The number of nitrogens with one attached hydrogen (secondary N) is 9. The van der Waals surface area contributed by atoms with Gasteiger partial charge in [0, 0.05) is 25.5 Å². The maximum absolute atomic E-state index is 13.9. The molecule has 1 aromatic heterocycles. The van der Waals surface area contributed by atoms with Crippen molar-refractivity contribution >= 4 is 59.2 Å². The minimum absolute atomic E-state index is 0.00799. The van der Waals surface area contributed by atoms with E-state index in [2.05, 4.69) is 52.5 Å². The third kappa shape index (κ3) is 21.6. The molecule has 0 radical (unpaired) electrons. The Balaban J connectivity index is 1.70. The molecule has 1 heterocycles. The number of rotatable bonds is 32. The van der Waals surface area contributed by atoms with Crippen LogP contribution in [0.2, 0.25) is 0 Å². The van der Waals surface area contributed by atoms with Crippen LogP contribution in [0.15, 0.2) is 73.2 Å². The second-order valence-corrected chi connectivity index (χ2v) is 17.7. The van der Waals surface area contributed by atoms with E-state index in [0.717, 1.165) is 0 Å². The number of nitrogens with zero attached hydrogens (tertiary/aromatic N) is 1. The number of aromatic amines is 1. The Morgan fingerprint density at radius 1 is 0.603 bits per heavy atom. The van der Waals surface area contributed by atoms with Crippen LogP contribution >= 0.6 is 0 Å². The summed E-state index contributed by atoms with van der Waals surface area (Å²) in [5.41, 5.74) is 13.4. The minimum atomic E-state index is -1.88. The van der Waals surface area contributed by atoms with E-state index in [0.29, 0.717) is 36.1 Å². The van der Waals surface area contributed by atoms with Gasteiger partial charge in [-0.3, -0.25) is 43.2 Å². The molecule has 3 rings (SSSR count). The first kappa shape index (κ1) is 59.5. The summed E-state index contributed by atoms with van der Waals surface area (Å²) in [7, 11) is 0. The Bertz CT molecular complexity index is 2300. The molecule has 0 saturated carbocycles. The molecule has 3 aromatic rings. The Morgan fingerprint density at radius 2 is 1.12 bits per heavy atom. The summed E-state index contributed by atoms with van der Waals surface area (Å²) in [5.74, 6) is -10.2. The lowest BCUT2D eigenvalue weighted by Crippen LogP contribution is -2.60. The van der Waals surface area contributed by atoms with Gasteiger partial charge in [-0.2, -0.15) is 0 Å². The number of hydrogen-bond acceptors (Lipinski definition) is 14. The number of aliphatic hydroxyl groups excluding tert-OH is 1. The molecule has 8 atom stereocenters. The monoisotopic (exact) mass is 1020 g/mol. The number of imidazole rings is 1. The smallest absolute Gasteiger partial charge is 0.326 e.